The summed E-state index contributed by atoms with van der Waals surface area (Å²) in [5, 5.41) is 6.44. The van der Waals surface area contributed by atoms with E-state index in [0.717, 1.165) is 33.3 Å². The van der Waals surface area contributed by atoms with E-state index in [-0.39, 0.29) is 0 Å². The van der Waals surface area contributed by atoms with Gasteiger partial charge in [-0.05, 0) is 25.0 Å². The fourth-order valence-corrected chi connectivity index (χ4v) is 2.86. The van der Waals surface area contributed by atoms with E-state index in [0.29, 0.717) is 5.92 Å². The van der Waals surface area contributed by atoms with Gasteiger partial charge in [-0.25, -0.2) is 9.97 Å². The molecular weight excluding hydrogens is 256 g/mol. The maximum absolute atomic E-state index is 4.71. The van der Waals surface area contributed by atoms with Gasteiger partial charge in [0.15, 0.2) is 10.8 Å². The predicted octanol–water partition coefficient (Wildman–Crippen LogP) is 3.33. The van der Waals surface area contributed by atoms with Gasteiger partial charge in [0.05, 0.1) is 5.52 Å². The van der Waals surface area contributed by atoms with Gasteiger partial charge in [0.2, 0.25) is 0 Å². The minimum Gasteiger partial charge on any atom is -0.222 e. The van der Waals surface area contributed by atoms with E-state index in [2.05, 4.69) is 23.9 Å². The number of hydrogen-bond donors (Lipinski definition) is 0. The number of fused-ring (bicyclic) bond motifs is 3. The molecule has 0 saturated heterocycles. The molecule has 5 heteroatoms. The third-order valence-corrected chi connectivity index (χ3v) is 4.16. The lowest BCUT2D eigenvalue weighted by Gasteiger charge is -2.07. The summed E-state index contributed by atoms with van der Waals surface area (Å²) in [6, 6.07) is 8.09. The summed E-state index contributed by atoms with van der Waals surface area (Å²) in [5.74, 6) is 2.43. The Morgan fingerprint density at radius 1 is 1.21 bits per heavy atom. The first-order valence-electron chi connectivity index (χ1n) is 6.40. The second kappa shape index (κ2) is 4.81. The summed E-state index contributed by atoms with van der Waals surface area (Å²) in [7, 11) is 0. The van der Waals surface area contributed by atoms with Crippen molar-refractivity contribution in [1.29, 1.82) is 0 Å². The highest BCUT2D eigenvalue weighted by Gasteiger charge is 2.12. The van der Waals surface area contributed by atoms with Gasteiger partial charge >= 0.3 is 0 Å². The topological polar surface area (TPSA) is 43.1 Å². The van der Waals surface area contributed by atoms with Crippen molar-refractivity contribution in [2.24, 2.45) is 5.92 Å². The molecule has 0 radical (unpaired) electrons. The first kappa shape index (κ1) is 12.4. The van der Waals surface area contributed by atoms with E-state index >= 15 is 0 Å². The Bertz CT molecular complexity index is 733. The second-order valence-corrected chi connectivity index (χ2v) is 6.00. The van der Waals surface area contributed by atoms with Crippen LogP contribution in [0.1, 0.15) is 19.7 Å². The molecule has 0 N–H and O–H groups in total. The van der Waals surface area contributed by atoms with Crippen molar-refractivity contribution in [3.8, 4) is 0 Å². The van der Waals surface area contributed by atoms with Crippen LogP contribution in [0.4, 0.5) is 0 Å². The van der Waals surface area contributed by atoms with Crippen molar-refractivity contribution >= 4 is 28.3 Å². The van der Waals surface area contributed by atoms with Gasteiger partial charge in [0, 0.05) is 11.1 Å². The maximum Gasteiger partial charge on any atom is 0.191 e. The molecule has 1 aromatic carbocycles. The third kappa shape index (κ3) is 2.30. The van der Waals surface area contributed by atoms with Crippen LogP contribution in [0.2, 0.25) is 0 Å². The third-order valence-electron chi connectivity index (χ3n) is 2.80. The van der Waals surface area contributed by atoms with Crippen molar-refractivity contribution in [2.75, 3.05) is 5.75 Å². The van der Waals surface area contributed by atoms with Gasteiger partial charge in [-0.2, -0.15) is 4.52 Å². The minimum absolute atomic E-state index is 0.623. The molecule has 0 bridgehead atoms. The summed E-state index contributed by atoms with van der Waals surface area (Å²) in [6.07, 6.45) is 0. The Morgan fingerprint density at radius 3 is 2.79 bits per heavy atom. The fraction of sp³-hybridized carbons (Fsp3) is 0.357. The molecule has 2 heterocycles. The molecule has 0 aliphatic heterocycles. The van der Waals surface area contributed by atoms with Crippen LogP contribution in [0.3, 0.4) is 0 Å². The first-order chi connectivity index (χ1) is 9.15. The van der Waals surface area contributed by atoms with Crippen LogP contribution in [-0.2, 0) is 0 Å². The summed E-state index contributed by atoms with van der Waals surface area (Å²) in [6.45, 7) is 6.33. The zero-order valence-corrected chi connectivity index (χ0v) is 12.1. The summed E-state index contributed by atoms with van der Waals surface area (Å²) >= 11 is 1.74. The van der Waals surface area contributed by atoms with Crippen LogP contribution in [0, 0.1) is 12.8 Å². The largest absolute Gasteiger partial charge is 0.222 e. The molecule has 3 rings (SSSR count). The molecule has 3 aromatic rings. The molecule has 0 fully saturated rings. The maximum atomic E-state index is 4.71. The van der Waals surface area contributed by atoms with E-state index in [4.69, 9.17) is 4.98 Å². The van der Waals surface area contributed by atoms with Crippen LogP contribution in [0.25, 0.3) is 16.6 Å². The molecule has 0 saturated carbocycles. The number of nitrogens with zero attached hydrogens (tertiary/aromatic N) is 4. The monoisotopic (exact) mass is 272 g/mol. The average molecular weight is 272 g/mol. The Kier molecular flexibility index (Phi) is 3.14. The molecule has 0 unspecified atom stereocenters. The normalized spacial score (nSPS) is 11.8. The van der Waals surface area contributed by atoms with Gasteiger partial charge in [-0.15, -0.1) is 5.10 Å². The zero-order chi connectivity index (χ0) is 13.4. The molecule has 0 spiro atoms. The second-order valence-electron chi connectivity index (χ2n) is 5.01. The van der Waals surface area contributed by atoms with E-state index in [1.54, 1.807) is 11.8 Å². The standard InChI is InChI=1S/C14H16N4S/c1-9(2)8-19-14-16-12-7-5-4-6-11(12)13-15-10(3)17-18(13)14/h4-7,9H,8H2,1-3H3. The van der Waals surface area contributed by atoms with Crippen molar-refractivity contribution in [1.82, 2.24) is 19.6 Å². The van der Waals surface area contributed by atoms with Gasteiger partial charge in [0.1, 0.15) is 5.82 Å². The molecule has 0 aliphatic carbocycles. The quantitative estimate of drug-likeness (QED) is 0.542. The number of aryl methyl sites for hydroxylation is 1. The lowest BCUT2D eigenvalue weighted by Crippen LogP contribution is -2.00. The number of benzene rings is 1. The van der Waals surface area contributed by atoms with Crippen LogP contribution in [0.5, 0.6) is 0 Å². The Balaban J connectivity index is 2.23. The zero-order valence-electron chi connectivity index (χ0n) is 11.3. The molecule has 98 valence electrons. The molecule has 0 aliphatic rings. The van der Waals surface area contributed by atoms with Gasteiger partial charge in [-0.3, -0.25) is 0 Å². The highest BCUT2D eigenvalue weighted by atomic mass is 32.2. The lowest BCUT2D eigenvalue weighted by molar-refractivity contribution is 0.741. The highest BCUT2D eigenvalue weighted by Crippen LogP contribution is 2.24. The summed E-state index contributed by atoms with van der Waals surface area (Å²) < 4.78 is 1.87. The molecular formula is C14H16N4S. The minimum atomic E-state index is 0.623. The van der Waals surface area contributed by atoms with E-state index in [1.165, 1.54) is 0 Å². The molecule has 0 amide bonds. The number of rotatable bonds is 3. The number of hydrogen-bond acceptors (Lipinski definition) is 4. The van der Waals surface area contributed by atoms with Gasteiger partial charge in [0.25, 0.3) is 0 Å². The Labute approximate surface area is 116 Å². The number of thioether (sulfide) groups is 1. The number of aromatic nitrogens is 4. The molecule has 2 aromatic heterocycles. The van der Waals surface area contributed by atoms with Crippen molar-refractivity contribution in [3.63, 3.8) is 0 Å². The van der Waals surface area contributed by atoms with E-state index in [9.17, 15) is 0 Å². The lowest BCUT2D eigenvalue weighted by atomic mass is 10.2. The predicted molar refractivity (Wildman–Crippen MR) is 78.6 cm³/mol. The molecule has 19 heavy (non-hydrogen) atoms. The van der Waals surface area contributed by atoms with E-state index in [1.807, 2.05) is 35.7 Å². The number of para-hydroxylation sites is 1. The van der Waals surface area contributed by atoms with Crippen LogP contribution < -0.4 is 0 Å². The average Bonchev–Trinajstić information content (AvgIpc) is 2.77. The fourth-order valence-electron chi connectivity index (χ4n) is 1.97. The smallest absolute Gasteiger partial charge is 0.191 e. The van der Waals surface area contributed by atoms with Gasteiger partial charge in [-0.1, -0.05) is 37.7 Å². The van der Waals surface area contributed by atoms with E-state index < -0.39 is 0 Å². The first-order valence-corrected chi connectivity index (χ1v) is 7.38. The SMILES string of the molecule is Cc1nc2c3ccccc3nc(SCC(C)C)n2n1. The van der Waals surface area contributed by atoms with Gasteiger partial charge < -0.3 is 0 Å². The molecule has 0 atom stereocenters. The summed E-state index contributed by atoms with van der Waals surface area (Å²) in [4.78, 5) is 9.24. The Hall–Kier alpha value is -1.62. The van der Waals surface area contributed by atoms with Crippen LogP contribution in [-0.4, -0.2) is 25.3 Å². The van der Waals surface area contributed by atoms with Crippen LogP contribution in [0.15, 0.2) is 29.4 Å². The summed E-state index contributed by atoms with van der Waals surface area (Å²) in [5.41, 5.74) is 1.88. The molecule has 4 nitrogen and oxygen atoms in total. The van der Waals surface area contributed by atoms with Crippen molar-refractivity contribution in [2.45, 2.75) is 25.9 Å². The highest BCUT2D eigenvalue weighted by molar-refractivity contribution is 7.99. The van der Waals surface area contributed by atoms with Crippen molar-refractivity contribution < 1.29 is 0 Å². The van der Waals surface area contributed by atoms with Crippen LogP contribution >= 0.6 is 11.8 Å². The van der Waals surface area contributed by atoms with Crippen molar-refractivity contribution in [3.05, 3.63) is 30.1 Å². The Morgan fingerprint density at radius 2 is 2.00 bits per heavy atom.